The predicted molar refractivity (Wildman–Crippen MR) is 86.0 cm³/mol. The van der Waals surface area contributed by atoms with Crippen LogP contribution in [0.25, 0.3) is 0 Å². The molecule has 1 N–H and O–H groups in total. The molecule has 1 amide bonds. The first-order valence-electron chi connectivity index (χ1n) is 8.61. The van der Waals surface area contributed by atoms with Gasteiger partial charge in [0.05, 0.1) is 13.2 Å². The number of ether oxygens (including phenoxy) is 1. The Morgan fingerprint density at radius 2 is 2.08 bits per heavy atom. The van der Waals surface area contributed by atoms with E-state index in [1.807, 2.05) is 6.07 Å². The van der Waals surface area contributed by atoms with E-state index in [0.29, 0.717) is 6.54 Å². The van der Waals surface area contributed by atoms with E-state index in [-0.39, 0.29) is 23.8 Å². The number of nitriles is 1. The van der Waals surface area contributed by atoms with Crippen molar-refractivity contribution >= 4 is 5.91 Å². The molecule has 8 heteroatoms. The van der Waals surface area contributed by atoms with Crippen LogP contribution in [0.15, 0.2) is 6.33 Å². The van der Waals surface area contributed by atoms with E-state index in [2.05, 4.69) is 20.3 Å². The largest absolute Gasteiger partial charge is 0.379 e. The van der Waals surface area contributed by atoms with Gasteiger partial charge < -0.3 is 10.1 Å². The molecule has 0 spiro atoms. The SMILES string of the molecule is N#Cc1ncn(CC(=O)NCC2(N3CCOCC3)CCCCC2)n1. The van der Waals surface area contributed by atoms with E-state index >= 15 is 0 Å². The van der Waals surface area contributed by atoms with E-state index in [1.54, 1.807) is 0 Å². The van der Waals surface area contributed by atoms with Crippen molar-refractivity contribution in [1.82, 2.24) is 25.0 Å². The Bertz CT molecular complexity index is 596. The van der Waals surface area contributed by atoms with Crippen LogP contribution in [0.1, 0.15) is 37.9 Å². The van der Waals surface area contributed by atoms with Gasteiger partial charge in [-0.05, 0) is 12.8 Å². The second-order valence-corrected chi connectivity index (χ2v) is 6.54. The standard InChI is InChI=1S/C16H24N6O2/c17-10-14-19-13-22(20-14)11-15(23)18-12-16(4-2-1-3-5-16)21-6-8-24-9-7-21/h13H,1-9,11-12H2,(H,18,23). The molecule has 1 aliphatic carbocycles. The average Bonchev–Trinajstić information content (AvgIpc) is 3.09. The Labute approximate surface area is 141 Å². The summed E-state index contributed by atoms with van der Waals surface area (Å²) in [5.74, 6) is -0.0116. The van der Waals surface area contributed by atoms with E-state index < -0.39 is 0 Å². The van der Waals surface area contributed by atoms with Crippen molar-refractivity contribution in [2.75, 3.05) is 32.8 Å². The molecule has 2 aliphatic rings. The number of nitrogens with one attached hydrogen (secondary N) is 1. The van der Waals surface area contributed by atoms with Crippen molar-refractivity contribution in [2.45, 2.75) is 44.2 Å². The highest BCUT2D eigenvalue weighted by Gasteiger charge is 2.38. The lowest BCUT2D eigenvalue weighted by Crippen LogP contribution is -2.59. The number of nitrogens with zero attached hydrogens (tertiary/aromatic N) is 5. The molecule has 8 nitrogen and oxygen atoms in total. The van der Waals surface area contributed by atoms with Crippen LogP contribution < -0.4 is 5.32 Å². The summed E-state index contributed by atoms with van der Waals surface area (Å²) < 4.78 is 6.88. The van der Waals surface area contributed by atoms with Crippen molar-refractivity contribution in [1.29, 1.82) is 5.26 Å². The fraction of sp³-hybridized carbons (Fsp3) is 0.750. The first kappa shape index (κ1) is 16.9. The lowest BCUT2D eigenvalue weighted by atomic mass is 9.79. The fourth-order valence-electron chi connectivity index (χ4n) is 3.74. The average molecular weight is 332 g/mol. The van der Waals surface area contributed by atoms with Gasteiger partial charge >= 0.3 is 0 Å². The zero-order valence-corrected chi connectivity index (χ0v) is 13.9. The summed E-state index contributed by atoms with van der Waals surface area (Å²) >= 11 is 0. The third-order valence-corrected chi connectivity index (χ3v) is 5.02. The Morgan fingerprint density at radius 1 is 1.33 bits per heavy atom. The molecule has 0 radical (unpaired) electrons. The zero-order chi connectivity index (χ0) is 16.8. The molecule has 1 saturated heterocycles. The highest BCUT2D eigenvalue weighted by molar-refractivity contribution is 5.75. The molecule has 0 bridgehead atoms. The smallest absolute Gasteiger partial charge is 0.252 e. The molecule has 1 aliphatic heterocycles. The van der Waals surface area contributed by atoms with Crippen LogP contribution >= 0.6 is 0 Å². The van der Waals surface area contributed by atoms with E-state index in [0.717, 1.165) is 39.1 Å². The number of rotatable bonds is 5. The minimum atomic E-state index is -0.0948. The maximum absolute atomic E-state index is 12.3. The minimum Gasteiger partial charge on any atom is -0.379 e. The van der Waals surface area contributed by atoms with Gasteiger partial charge in [-0.2, -0.15) is 5.26 Å². The molecule has 2 fully saturated rings. The van der Waals surface area contributed by atoms with Crippen LogP contribution in [-0.2, 0) is 16.1 Å². The number of carbonyl (C=O) groups is 1. The molecule has 24 heavy (non-hydrogen) atoms. The topological polar surface area (TPSA) is 96.1 Å². The van der Waals surface area contributed by atoms with Gasteiger partial charge in [0.2, 0.25) is 5.91 Å². The van der Waals surface area contributed by atoms with Gasteiger partial charge in [0.1, 0.15) is 18.9 Å². The molecule has 130 valence electrons. The number of carbonyl (C=O) groups excluding carboxylic acids is 1. The molecular formula is C16H24N6O2. The van der Waals surface area contributed by atoms with Crippen LogP contribution in [0.5, 0.6) is 0 Å². The van der Waals surface area contributed by atoms with Crippen molar-refractivity contribution in [3.05, 3.63) is 12.2 Å². The van der Waals surface area contributed by atoms with Crippen molar-refractivity contribution in [3.63, 3.8) is 0 Å². The summed E-state index contributed by atoms with van der Waals surface area (Å²) in [6.07, 6.45) is 7.35. The molecule has 1 aromatic rings. The summed E-state index contributed by atoms with van der Waals surface area (Å²) in [5.41, 5.74) is 0.0534. The van der Waals surface area contributed by atoms with E-state index in [1.165, 1.54) is 30.3 Å². The monoisotopic (exact) mass is 332 g/mol. The quantitative estimate of drug-likeness (QED) is 0.833. The molecule has 2 heterocycles. The van der Waals surface area contributed by atoms with Gasteiger partial charge in [0.25, 0.3) is 5.82 Å². The van der Waals surface area contributed by atoms with E-state index in [4.69, 9.17) is 10.00 Å². The first-order valence-corrected chi connectivity index (χ1v) is 8.61. The second-order valence-electron chi connectivity index (χ2n) is 6.54. The number of hydrogen-bond acceptors (Lipinski definition) is 6. The normalized spacial score (nSPS) is 21.1. The van der Waals surface area contributed by atoms with Crippen molar-refractivity contribution in [3.8, 4) is 6.07 Å². The lowest BCUT2D eigenvalue weighted by Gasteiger charge is -2.48. The molecule has 0 atom stereocenters. The Balaban J connectivity index is 1.58. The fourth-order valence-corrected chi connectivity index (χ4v) is 3.74. The predicted octanol–water partition coefficient (Wildman–Crippen LogP) is 0.301. The first-order chi connectivity index (χ1) is 11.7. The Kier molecular flexibility index (Phi) is 5.43. The van der Waals surface area contributed by atoms with Crippen LogP contribution in [0.2, 0.25) is 0 Å². The minimum absolute atomic E-state index is 0.0534. The lowest BCUT2D eigenvalue weighted by molar-refractivity contribution is -0.123. The summed E-state index contributed by atoms with van der Waals surface area (Å²) in [5, 5.41) is 15.7. The molecule has 0 aromatic carbocycles. The van der Waals surface area contributed by atoms with Gasteiger partial charge in [-0.1, -0.05) is 19.3 Å². The molecular weight excluding hydrogens is 308 g/mol. The van der Waals surface area contributed by atoms with Crippen molar-refractivity contribution in [2.24, 2.45) is 0 Å². The Hall–Kier alpha value is -1.98. The van der Waals surface area contributed by atoms with Crippen LogP contribution in [-0.4, -0.2) is 64.0 Å². The third kappa shape index (κ3) is 3.91. The summed E-state index contributed by atoms with van der Waals surface area (Å²) in [6.45, 7) is 4.16. The molecule has 0 unspecified atom stereocenters. The Morgan fingerprint density at radius 3 is 2.75 bits per heavy atom. The highest BCUT2D eigenvalue weighted by Crippen LogP contribution is 2.33. The summed E-state index contributed by atoms with van der Waals surface area (Å²) in [6, 6.07) is 1.86. The van der Waals surface area contributed by atoms with Gasteiger partial charge in [0.15, 0.2) is 0 Å². The molecule has 3 rings (SSSR count). The van der Waals surface area contributed by atoms with Crippen LogP contribution in [0.4, 0.5) is 0 Å². The van der Waals surface area contributed by atoms with Gasteiger partial charge in [-0.25, -0.2) is 9.67 Å². The van der Waals surface area contributed by atoms with Gasteiger partial charge in [-0.3, -0.25) is 9.69 Å². The number of hydrogen-bond donors (Lipinski definition) is 1. The number of amides is 1. The van der Waals surface area contributed by atoms with Crippen molar-refractivity contribution < 1.29 is 9.53 Å². The number of aromatic nitrogens is 3. The van der Waals surface area contributed by atoms with Gasteiger partial charge in [-0.15, -0.1) is 5.10 Å². The second kappa shape index (κ2) is 7.73. The maximum atomic E-state index is 12.3. The molecule has 1 aromatic heterocycles. The number of morpholine rings is 1. The maximum Gasteiger partial charge on any atom is 0.252 e. The van der Waals surface area contributed by atoms with Crippen LogP contribution in [0.3, 0.4) is 0 Å². The third-order valence-electron chi connectivity index (χ3n) is 5.02. The summed E-state index contributed by atoms with van der Waals surface area (Å²) in [4.78, 5) is 18.6. The zero-order valence-electron chi connectivity index (χ0n) is 13.9. The highest BCUT2D eigenvalue weighted by atomic mass is 16.5. The van der Waals surface area contributed by atoms with E-state index in [9.17, 15) is 4.79 Å². The van der Waals surface area contributed by atoms with Crippen LogP contribution in [0, 0.1) is 11.3 Å². The summed E-state index contributed by atoms with van der Waals surface area (Å²) in [7, 11) is 0. The van der Waals surface area contributed by atoms with Gasteiger partial charge in [0, 0.05) is 25.2 Å². The molecule has 1 saturated carbocycles.